The predicted octanol–water partition coefficient (Wildman–Crippen LogP) is 2.78. The number of rotatable bonds is 5. The largest absolute Gasteiger partial charge is 0.389 e. The lowest BCUT2D eigenvalue weighted by Crippen LogP contribution is -2.46. The molecule has 0 spiro atoms. The van der Waals surface area contributed by atoms with E-state index in [1.165, 1.54) is 32.2 Å². The van der Waals surface area contributed by atoms with Crippen LogP contribution in [0.25, 0.3) is 0 Å². The predicted molar refractivity (Wildman–Crippen MR) is 85.0 cm³/mol. The molecular formula is C17H34N2O. The van der Waals surface area contributed by atoms with Gasteiger partial charge in [-0.3, -0.25) is 0 Å². The lowest BCUT2D eigenvalue weighted by molar-refractivity contribution is -0.0244. The fraction of sp³-hybridized carbons (Fsp3) is 1.00. The summed E-state index contributed by atoms with van der Waals surface area (Å²) in [4.78, 5) is 2.50. The van der Waals surface area contributed by atoms with Crippen LogP contribution in [0.3, 0.4) is 0 Å². The SMILES string of the molecule is CN1CCCCC1CCNCC1(O)CCC(C)(C)CC1. The van der Waals surface area contributed by atoms with Crippen LogP contribution in [0.2, 0.25) is 0 Å². The quantitative estimate of drug-likeness (QED) is 0.761. The smallest absolute Gasteiger partial charge is 0.0772 e. The molecule has 3 heteroatoms. The number of likely N-dealkylation sites (tertiary alicyclic amines) is 1. The van der Waals surface area contributed by atoms with Gasteiger partial charge in [-0.15, -0.1) is 0 Å². The highest BCUT2D eigenvalue weighted by molar-refractivity contribution is 4.90. The monoisotopic (exact) mass is 282 g/mol. The van der Waals surface area contributed by atoms with Gasteiger partial charge >= 0.3 is 0 Å². The van der Waals surface area contributed by atoms with Crippen molar-refractivity contribution < 1.29 is 5.11 Å². The molecule has 1 aliphatic heterocycles. The Morgan fingerprint density at radius 2 is 1.85 bits per heavy atom. The lowest BCUT2D eigenvalue weighted by atomic mass is 9.71. The van der Waals surface area contributed by atoms with Crippen LogP contribution < -0.4 is 5.32 Å². The molecule has 1 unspecified atom stereocenters. The summed E-state index contributed by atoms with van der Waals surface area (Å²) in [6.45, 7) is 7.71. The Bertz CT molecular complexity index is 293. The van der Waals surface area contributed by atoms with E-state index in [9.17, 15) is 5.11 Å². The Hall–Kier alpha value is -0.120. The fourth-order valence-electron chi connectivity index (χ4n) is 3.67. The average Bonchev–Trinajstić information content (AvgIpc) is 2.41. The first-order valence-corrected chi connectivity index (χ1v) is 8.54. The summed E-state index contributed by atoms with van der Waals surface area (Å²) < 4.78 is 0. The summed E-state index contributed by atoms with van der Waals surface area (Å²) in [7, 11) is 2.25. The van der Waals surface area contributed by atoms with Crippen molar-refractivity contribution in [2.45, 2.75) is 76.9 Å². The third kappa shape index (κ3) is 4.71. The van der Waals surface area contributed by atoms with Gasteiger partial charge in [0.15, 0.2) is 0 Å². The van der Waals surface area contributed by atoms with E-state index in [0.717, 1.165) is 44.8 Å². The fourth-order valence-corrected chi connectivity index (χ4v) is 3.67. The van der Waals surface area contributed by atoms with Crippen molar-refractivity contribution in [3.05, 3.63) is 0 Å². The molecule has 0 aromatic rings. The van der Waals surface area contributed by atoms with Gasteiger partial charge in [-0.2, -0.15) is 0 Å². The van der Waals surface area contributed by atoms with Gasteiger partial charge in [-0.1, -0.05) is 20.3 Å². The van der Waals surface area contributed by atoms with Gasteiger partial charge < -0.3 is 15.3 Å². The van der Waals surface area contributed by atoms with E-state index in [1.54, 1.807) is 0 Å². The van der Waals surface area contributed by atoms with E-state index < -0.39 is 5.60 Å². The van der Waals surface area contributed by atoms with Gasteiger partial charge in [-0.05, 0) is 70.5 Å². The number of aliphatic hydroxyl groups is 1. The highest BCUT2D eigenvalue weighted by Gasteiger charge is 2.36. The highest BCUT2D eigenvalue weighted by Crippen LogP contribution is 2.39. The molecule has 0 amide bonds. The molecular weight excluding hydrogens is 248 g/mol. The standard InChI is InChI=1S/C17H34N2O/c1-16(2)8-10-17(20,11-9-16)14-18-12-7-15-6-4-5-13-19(15)3/h15,18,20H,4-14H2,1-3H3. The van der Waals surface area contributed by atoms with Gasteiger partial charge in [-0.25, -0.2) is 0 Å². The first kappa shape index (κ1) is 16.3. The van der Waals surface area contributed by atoms with Gasteiger partial charge in [0.2, 0.25) is 0 Å². The summed E-state index contributed by atoms with van der Waals surface area (Å²) in [5.41, 5.74) is -0.0228. The van der Waals surface area contributed by atoms with Crippen LogP contribution in [-0.4, -0.2) is 48.3 Å². The van der Waals surface area contributed by atoms with E-state index in [-0.39, 0.29) is 0 Å². The van der Waals surface area contributed by atoms with E-state index in [0.29, 0.717) is 5.41 Å². The maximum absolute atomic E-state index is 10.6. The Labute approximate surface area is 125 Å². The molecule has 0 aromatic carbocycles. The van der Waals surface area contributed by atoms with Crippen LogP contribution in [-0.2, 0) is 0 Å². The molecule has 1 atom stereocenters. The van der Waals surface area contributed by atoms with Crippen molar-refractivity contribution in [1.29, 1.82) is 0 Å². The summed E-state index contributed by atoms with van der Waals surface area (Å²) in [5, 5.41) is 14.1. The van der Waals surface area contributed by atoms with E-state index in [4.69, 9.17) is 0 Å². The highest BCUT2D eigenvalue weighted by atomic mass is 16.3. The number of nitrogens with zero attached hydrogens (tertiary/aromatic N) is 1. The summed E-state index contributed by atoms with van der Waals surface area (Å²) in [5.74, 6) is 0. The number of piperidine rings is 1. The van der Waals surface area contributed by atoms with Crippen molar-refractivity contribution in [2.75, 3.05) is 26.7 Å². The van der Waals surface area contributed by atoms with Gasteiger partial charge in [0.1, 0.15) is 0 Å². The van der Waals surface area contributed by atoms with Crippen molar-refractivity contribution in [3.8, 4) is 0 Å². The Morgan fingerprint density at radius 1 is 1.15 bits per heavy atom. The summed E-state index contributed by atoms with van der Waals surface area (Å²) >= 11 is 0. The van der Waals surface area contributed by atoms with Crippen LogP contribution in [0.5, 0.6) is 0 Å². The van der Waals surface area contributed by atoms with E-state index in [1.807, 2.05) is 0 Å². The van der Waals surface area contributed by atoms with Crippen LogP contribution in [0.1, 0.15) is 65.2 Å². The van der Waals surface area contributed by atoms with E-state index >= 15 is 0 Å². The number of nitrogens with one attached hydrogen (secondary N) is 1. The second-order valence-electron chi connectivity index (χ2n) is 7.98. The third-order valence-corrected chi connectivity index (χ3v) is 5.56. The van der Waals surface area contributed by atoms with Crippen LogP contribution in [0, 0.1) is 5.41 Å². The van der Waals surface area contributed by atoms with Crippen LogP contribution >= 0.6 is 0 Å². The molecule has 1 aliphatic carbocycles. The zero-order valence-corrected chi connectivity index (χ0v) is 13.7. The molecule has 118 valence electrons. The van der Waals surface area contributed by atoms with Gasteiger partial charge in [0.25, 0.3) is 0 Å². The normalized spacial score (nSPS) is 30.3. The van der Waals surface area contributed by atoms with Gasteiger partial charge in [0.05, 0.1) is 5.60 Å². The summed E-state index contributed by atoms with van der Waals surface area (Å²) in [6.07, 6.45) is 9.51. The topological polar surface area (TPSA) is 35.5 Å². The van der Waals surface area contributed by atoms with Crippen molar-refractivity contribution >= 4 is 0 Å². The maximum atomic E-state index is 10.6. The molecule has 2 rings (SSSR count). The molecule has 20 heavy (non-hydrogen) atoms. The molecule has 1 saturated heterocycles. The van der Waals surface area contributed by atoms with Crippen molar-refractivity contribution in [1.82, 2.24) is 10.2 Å². The Kier molecular flexibility index (Phi) is 5.49. The molecule has 0 bridgehead atoms. The third-order valence-electron chi connectivity index (χ3n) is 5.56. The average molecular weight is 282 g/mol. The molecule has 0 radical (unpaired) electrons. The van der Waals surface area contributed by atoms with Crippen molar-refractivity contribution in [2.24, 2.45) is 5.41 Å². The molecule has 3 nitrogen and oxygen atoms in total. The van der Waals surface area contributed by atoms with Gasteiger partial charge in [0, 0.05) is 12.6 Å². The second kappa shape index (κ2) is 6.76. The molecule has 2 N–H and O–H groups in total. The minimum Gasteiger partial charge on any atom is -0.389 e. The molecule has 2 fully saturated rings. The van der Waals surface area contributed by atoms with E-state index in [2.05, 4.69) is 31.1 Å². The lowest BCUT2D eigenvalue weighted by Gasteiger charge is -2.40. The maximum Gasteiger partial charge on any atom is 0.0772 e. The first-order chi connectivity index (χ1) is 9.40. The Balaban J connectivity index is 1.63. The molecule has 1 saturated carbocycles. The minimum absolute atomic E-state index is 0.428. The summed E-state index contributed by atoms with van der Waals surface area (Å²) in [6, 6.07) is 0.746. The zero-order valence-electron chi connectivity index (χ0n) is 13.7. The molecule has 0 aromatic heterocycles. The molecule has 2 aliphatic rings. The zero-order chi connectivity index (χ0) is 14.6. The minimum atomic E-state index is -0.450. The first-order valence-electron chi connectivity index (χ1n) is 8.54. The molecule has 1 heterocycles. The number of hydrogen-bond donors (Lipinski definition) is 2. The Morgan fingerprint density at radius 3 is 2.50 bits per heavy atom. The van der Waals surface area contributed by atoms with Crippen molar-refractivity contribution in [3.63, 3.8) is 0 Å². The number of hydrogen-bond acceptors (Lipinski definition) is 3. The van der Waals surface area contributed by atoms with Crippen LogP contribution in [0.15, 0.2) is 0 Å². The van der Waals surface area contributed by atoms with Crippen LogP contribution in [0.4, 0.5) is 0 Å². The second-order valence-corrected chi connectivity index (χ2v) is 7.98.